The SMILES string of the molecule is CN(c1ccc2c(-c3cc4nccc(C(=O)O)c4[nH]3)nn(C)c2c1)c1ccccc1F. The fourth-order valence-corrected chi connectivity index (χ4v) is 3.85. The molecule has 8 heteroatoms. The number of carboxylic acid groups (broad SMARTS) is 1. The highest BCUT2D eigenvalue weighted by Crippen LogP contribution is 2.34. The summed E-state index contributed by atoms with van der Waals surface area (Å²) < 4.78 is 16.0. The molecule has 3 aromatic heterocycles. The first-order valence-electron chi connectivity index (χ1n) is 9.60. The molecule has 0 unspecified atom stereocenters. The first-order chi connectivity index (χ1) is 14.9. The average molecular weight is 415 g/mol. The van der Waals surface area contributed by atoms with Crippen LogP contribution in [-0.4, -0.2) is 37.9 Å². The molecular weight excluding hydrogens is 397 g/mol. The Morgan fingerprint density at radius 2 is 1.97 bits per heavy atom. The number of halogens is 1. The van der Waals surface area contributed by atoms with Crippen LogP contribution >= 0.6 is 0 Å². The van der Waals surface area contributed by atoms with Gasteiger partial charge in [-0.25, -0.2) is 9.18 Å². The number of aromatic amines is 1. The Morgan fingerprint density at radius 1 is 1.16 bits per heavy atom. The van der Waals surface area contributed by atoms with E-state index in [1.807, 2.05) is 32.3 Å². The molecule has 0 spiro atoms. The van der Waals surface area contributed by atoms with Crippen molar-refractivity contribution in [3.05, 3.63) is 72.2 Å². The van der Waals surface area contributed by atoms with Gasteiger partial charge in [-0.15, -0.1) is 0 Å². The van der Waals surface area contributed by atoms with Gasteiger partial charge < -0.3 is 15.0 Å². The van der Waals surface area contributed by atoms with Crippen molar-refractivity contribution in [1.82, 2.24) is 19.7 Å². The highest BCUT2D eigenvalue weighted by molar-refractivity contribution is 6.03. The standard InChI is InChI=1S/C23H18FN5O2/c1-28(19-6-4-3-5-16(19)24)13-7-8-14-20(11-13)29(2)27-22(14)18-12-17-21(26-18)15(23(30)31)9-10-25-17/h3-12,26H,1-2H3,(H,30,31). The van der Waals surface area contributed by atoms with Gasteiger partial charge in [0.2, 0.25) is 0 Å². The summed E-state index contributed by atoms with van der Waals surface area (Å²) in [4.78, 5) is 20.7. The van der Waals surface area contributed by atoms with Crippen LogP contribution in [-0.2, 0) is 7.05 Å². The lowest BCUT2D eigenvalue weighted by atomic mass is 10.1. The lowest BCUT2D eigenvalue weighted by Gasteiger charge is -2.20. The number of aryl methyl sites for hydroxylation is 1. The third-order valence-electron chi connectivity index (χ3n) is 5.44. The Balaban J connectivity index is 1.62. The monoisotopic (exact) mass is 415 g/mol. The van der Waals surface area contributed by atoms with Crippen LogP contribution in [0.5, 0.6) is 0 Å². The molecule has 0 aliphatic carbocycles. The Kier molecular flexibility index (Phi) is 4.21. The van der Waals surface area contributed by atoms with Gasteiger partial charge in [0.05, 0.1) is 33.5 Å². The molecule has 7 nitrogen and oxygen atoms in total. The van der Waals surface area contributed by atoms with Crippen molar-refractivity contribution in [3.8, 4) is 11.4 Å². The fraction of sp³-hybridized carbons (Fsp3) is 0.0870. The summed E-state index contributed by atoms with van der Waals surface area (Å²) in [5.41, 5.74) is 4.70. The average Bonchev–Trinajstić information content (AvgIpc) is 3.34. The lowest BCUT2D eigenvalue weighted by molar-refractivity contribution is 0.0698. The van der Waals surface area contributed by atoms with Gasteiger partial charge in [0.15, 0.2) is 0 Å². The Labute approximate surface area is 176 Å². The van der Waals surface area contributed by atoms with E-state index in [0.717, 1.165) is 16.6 Å². The van der Waals surface area contributed by atoms with Crippen LogP contribution in [0, 0.1) is 5.82 Å². The molecule has 31 heavy (non-hydrogen) atoms. The second kappa shape index (κ2) is 6.94. The smallest absolute Gasteiger partial charge is 0.337 e. The summed E-state index contributed by atoms with van der Waals surface area (Å²) in [6.45, 7) is 0. The number of carbonyl (C=O) groups is 1. The van der Waals surface area contributed by atoms with E-state index >= 15 is 0 Å². The zero-order chi connectivity index (χ0) is 21.7. The van der Waals surface area contributed by atoms with E-state index < -0.39 is 5.97 Å². The summed E-state index contributed by atoms with van der Waals surface area (Å²) in [5.74, 6) is -1.32. The minimum absolute atomic E-state index is 0.158. The molecule has 0 aliphatic heterocycles. The van der Waals surface area contributed by atoms with Crippen LogP contribution in [0.2, 0.25) is 0 Å². The van der Waals surface area contributed by atoms with E-state index in [4.69, 9.17) is 0 Å². The van der Waals surface area contributed by atoms with Gasteiger partial charge in [-0.3, -0.25) is 9.67 Å². The molecule has 2 aromatic carbocycles. The number of benzene rings is 2. The quantitative estimate of drug-likeness (QED) is 0.443. The molecule has 5 aromatic rings. The van der Waals surface area contributed by atoms with Gasteiger partial charge in [0.25, 0.3) is 0 Å². The number of para-hydroxylation sites is 1. The van der Waals surface area contributed by atoms with Crippen molar-refractivity contribution in [2.75, 3.05) is 11.9 Å². The zero-order valence-electron chi connectivity index (χ0n) is 16.8. The minimum Gasteiger partial charge on any atom is -0.478 e. The number of H-pyrrole nitrogens is 1. The van der Waals surface area contributed by atoms with Crippen LogP contribution < -0.4 is 4.90 Å². The van der Waals surface area contributed by atoms with Crippen molar-refractivity contribution >= 4 is 39.3 Å². The van der Waals surface area contributed by atoms with Crippen LogP contribution in [0.25, 0.3) is 33.3 Å². The van der Waals surface area contributed by atoms with E-state index in [9.17, 15) is 14.3 Å². The van der Waals surface area contributed by atoms with Gasteiger partial charge in [0, 0.05) is 31.4 Å². The normalized spacial score (nSPS) is 11.3. The van der Waals surface area contributed by atoms with Crippen molar-refractivity contribution in [1.29, 1.82) is 0 Å². The third kappa shape index (κ3) is 3.00. The molecule has 2 N–H and O–H groups in total. The molecule has 0 amide bonds. The maximum Gasteiger partial charge on any atom is 0.337 e. The number of aromatic carboxylic acids is 1. The van der Waals surface area contributed by atoms with Gasteiger partial charge in [0.1, 0.15) is 11.5 Å². The highest BCUT2D eigenvalue weighted by Gasteiger charge is 2.18. The number of carboxylic acids is 1. The number of fused-ring (bicyclic) bond motifs is 2. The topological polar surface area (TPSA) is 87.0 Å². The molecule has 0 aliphatic rings. The maximum absolute atomic E-state index is 14.2. The first kappa shape index (κ1) is 18.8. The second-order valence-corrected chi connectivity index (χ2v) is 7.29. The summed E-state index contributed by atoms with van der Waals surface area (Å²) in [5, 5.41) is 15.0. The summed E-state index contributed by atoms with van der Waals surface area (Å²) in [6, 6.07) is 15.7. The van der Waals surface area contributed by atoms with Crippen LogP contribution in [0.15, 0.2) is 60.8 Å². The number of anilines is 2. The molecule has 154 valence electrons. The van der Waals surface area contributed by atoms with Gasteiger partial charge in [-0.05, 0) is 42.5 Å². The summed E-state index contributed by atoms with van der Waals surface area (Å²) >= 11 is 0. The predicted molar refractivity (Wildman–Crippen MR) is 117 cm³/mol. The van der Waals surface area contributed by atoms with E-state index in [2.05, 4.69) is 15.1 Å². The molecule has 5 rings (SSSR count). The van der Waals surface area contributed by atoms with E-state index in [-0.39, 0.29) is 11.4 Å². The maximum atomic E-state index is 14.2. The fourth-order valence-electron chi connectivity index (χ4n) is 3.85. The van der Waals surface area contributed by atoms with Crippen molar-refractivity contribution in [2.24, 2.45) is 7.05 Å². The molecule has 0 atom stereocenters. The number of aromatic nitrogens is 4. The largest absolute Gasteiger partial charge is 0.478 e. The van der Waals surface area contributed by atoms with Gasteiger partial charge in [-0.1, -0.05) is 12.1 Å². The number of pyridine rings is 1. The Morgan fingerprint density at radius 3 is 2.74 bits per heavy atom. The van der Waals surface area contributed by atoms with Crippen LogP contribution in [0.3, 0.4) is 0 Å². The Hall–Kier alpha value is -4.20. The van der Waals surface area contributed by atoms with Gasteiger partial charge >= 0.3 is 5.97 Å². The van der Waals surface area contributed by atoms with Crippen molar-refractivity contribution in [2.45, 2.75) is 0 Å². The molecule has 3 heterocycles. The van der Waals surface area contributed by atoms with E-state index in [1.54, 1.807) is 33.8 Å². The predicted octanol–water partition coefficient (Wildman–Crippen LogP) is 4.72. The molecular formula is C23H18FN5O2. The minimum atomic E-state index is -1.02. The molecule has 0 bridgehead atoms. The highest BCUT2D eigenvalue weighted by atomic mass is 19.1. The number of rotatable bonds is 4. The first-order valence-corrected chi connectivity index (χ1v) is 9.60. The number of hydrogen-bond acceptors (Lipinski definition) is 4. The summed E-state index contributed by atoms with van der Waals surface area (Å²) in [7, 11) is 3.65. The molecule has 0 saturated heterocycles. The summed E-state index contributed by atoms with van der Waals surface area (Å²) in [6.07, 6.45) is 1.48. The van der Waals surface area contributed by atoms with E-state index in [0.29, 0.717) is 28.1 Å². The number of nitrogens with zero attached hydrogens (tertiary/aromatic N) is 4. The van der Waals surface area contributed by atoms with Crippen LogP contribution in [0.4, 0.5) is 15.8 Å². The van der Waals surface area contributed by atoms with Crippen molar-refractivity contribution < 1.29 is 14.3 Å². The van der Waals surface area contributed by atoms with Crippen LogP contribution in [0.1, 0.15) is 10.4 Å². The molecule has 0 radical (unpaired) electrons. The zero-order valence-corrected chi connectivity index (χ0v) is 16.8. The number of hydrogen-bond donors (Lipinski definition) is 2. The molecule has 0 saturated carbocycles. The second-order valence-electron chi connectivity index (χ2n) is 7.29. The van der Waals surface area contributed by atoms with E-state index in [1.165, 1.54) is 18.3 Å². The number of nitrogens with one attached hydrogen (secondary N) is 1. The lowest BCUT2D eigenvalue weighted by Crippen LogP contribution is -2.11. The van der Waals surface area contributed by atoms with Gasteiger partial charge in [-0.2, -0.15) is 5.10 Å². The third-order valence-corrected chi connectivity index (χ3v) is 5.44. The van der Waals surface area contributed by atoms with Crippen molar-refractivity contribution in [3.63, 3.8) is 0 Å². The molecule has 0 fully saturated rings. The Bertz CT molecular complexity index is 1470.